The Labute approximate surface area is 146 Å². The summed E-state index contributed by atoms with van der Waals surface area (Å²) in [6, 6.07) is 14.0. The number of methoxy groups -OCH3 is 1. The molecule has 0 aromatic heterocycles. The van der Waals surface area contributed by atoms with Crippen LogP contribution in [0.3, 0.4) is 0 Å². The largest absolute Gasteiger partial charge is 0.497 e. The second-order valence-corrected chi connectivity index (χ2v) is 6.11. The van der Waals surface area contributed by atoms with Crippen molar-refractivity contribution in [3.8, 4) is 5.75 Å². The first-order valence-electron chi connectivity index (χ1n) is 8.31. The van der Waals surface area contributed by atoms with Crippen molar-refractivity contribution < 1.29 is 18.7 Å². The van der Waals surface area contributed by atoms with Crippen molar-refractivity contribution in [2.24, 2.45) is 0 Å². The van der Waals surface area contributed by atoms with E-state index in [0.29, 0.717) is 25.8 Å². The third-order valence-corrected chi connectivity index (χ3v) is 4.59. The fraction of sp³-hybridized carbons (Fsp3) is 0.300. The van der Waals surface area contributed by atoms with Crippen LogP contribution in [0, 0.1) is 5.82 Å². The van der Waals surface area contributed by atoms with E-state index in [1.807, 2.05) is 24.3 Å². The van der Waals surface area contributed by atoms with Crippen LogP contribution in [0.25, 0.3) is 0 Å². The van der Waals surface area contributed by atoms with E-state index in [4.69, 9.17) is 4.74 Å². The van der Waals surface area contributed by atoms with Gasteiger partial charge in [-0.25, -0.2) is 4.39 Å². The highest BCUT2D eigenvalue weighted by Crippen LogP contribution is 2.30. The van der Waals surface area contributed by atoms with Crippen LogP contribution in [0.5, 0.6) is 5.75 Å². The molecule has 0 unspecified atom stereocenters. The maximum absolute atomic E-state index is 13.3. The van der Waals surface area contributed by atoms with Gasteiger partial charge in [0.25, 0.3) is 0 Å². The Kier molecular flexibility index (Phi) is 5.12. The Morgan fingerprint density at radius 3 is 2.00 bits per heavy atom. The summed E-state index contributed by atoms with van der Waals surface area (Å²) in [5.74, 6) is 0.205. The molecule has 130 valence electrons. The number of rotatable bonds is 6. The molecule has 1 saturated heterocycles. The molecule has 3 rings (SSSR count). The number of nitrogens with zero attached hydrogens (tertiary/aromatic N) is 1. The lowest BCUT2D eigenvalue weighted by atomic mass is 9.88. The minimum Gasteiger partial charge on any atom is -0.497 e. The molecule has 0 spiro atoms. The summed E-state index contributed by atoms with van der Waals surface area (Å²) in [4.78, 5) is 25.0. The van der Waals surface area contributed by atoms with Crippen molar-refractivity contribution in [2.45, 2.75) is 25.2 Å². The summed E-state index contributed by atoms with van der Waals surface area (Å²) >= 11 is 0. The summed E-state index contributed by atoms with van der Waals surface area (Å²) in [5, 5.41) is 0. The molecule has 1 aliphatic rings. The van der Waals surface area contributed by atoms with Gasteiger partial charge in [-0.15, -0.1) is 0 Å². The van der Waals surface area contributed by atoms with Gasteiger partial charge in [-0.1, -0.05) is 24.3 Å². The number of benzene rings is 2. The van der Waals surface area contributed by atoms with Gasteiger partial charge in [0.2, 0.25) is 11.8 Å². The van der Waals surface area contributed by atoms with Gasteiger partial charge in [-0.2, -0.15) is 0 Å². The van der Waals surface area contributed by atoms with Crippen molar-refractivity contribution in [1.82, 2.24) is 4.90 Å². The van der Waals surface area contributed by atoms with Crippen LogP contribution in [0.1, 0.15) is 36.3 Å². The molecule has 0 saturated carbocycles. The van der Waals surface area contributed by atoms with Crippen LogP contribution in [0.15, 0.2) is 48.5 Å². The molecule has 5 heteroatoms. The minimum atomic E-state index is -0.290. The summed E-state index contributed by atoms with van der Waals surface area (Å²) in [7, 11) is 1.61. The minimum absolute atomic E-state index is 0.0345. The zero-order valence-corrected chi connectivity index (χ0v) is 14.1. The molecular formula is C20H20FNO3. The third-order valence-electron chi connectivity index (χ3n) is 4.59. The molecule has 0 bridgehead atoms. The Balaban J connectivity index is 1.84. The molecule has 1 atom stereocenters. The molecular weight excluding hydrogens is 321 g/mol. The highest BCUT2D eigenvalue weighted by molar-refractivity contribution is 6.01. The van der Waals surface area contributed by atoms with Gasteiger partial charge >= 0.3 is 0 Å². The van der Waals surface area contributed by atoms with Gasteiger partial charge in [0.15, 0.2) is 0 Å². The van der Waals surface area contributed by atoms with Crippen molar-refractivity contribution in [3.05, 3.63) is 65.5 Å². The number of hydrogen-bond acceptors (Lipinski definition) is 3. The monoisotopic (exact) mass is 341 g/mol. The molecule has 2 amide bonds. The number of ether oxygens (including phenoxy) is 1. The van der Waals surface area contributed by atoms with Gasteiger partial charge < -0.3 is 4.74 Å². The van der Waals surface area contributed by atoms with Gasteiger partial charge in [0.1, 0.15) is 11.6 Å². The van der Waals surface area contributed by atoms with Gasteiger partial charge in [-0.3, -0.25) is 14.5 Å². The molecule has 1 heterocycles. The molecule has 1 aliphatic heterocycles. The second kappa shape index (κ2) is 7.47. The Morgan fingerprint density at radius 1 is 0.960 bits per heavy atom. The Hall–Kier alpha value is -2.69. The predicted molar refractivity (Wildman–Crippen MR) is 91.8 cm³/mol. The van der Waals surface area contributed by atoms with E-state index in [-0.39, 0.29) is 23.5 Å². The topological polar surface area (TPSA) is 46.6 Å². The first-order chi connectivity index (χ1) is 12.1. The molecule has 25 heavy (non-hydrogen) atoms. The quantitative estimate of drug-likeness (QED) is 0.756. The Morgan fingerprint density at radius 2 is 1.48 bits per heavy atom. The zero-order valence-electron chi connectivity index (χ0n) is 14.1. The van der Waals surface area contributed by atoms with Gasteiger partial charge in [0, 0.05) is 25.3 Å². The van der Waals surface area contributed by atoms with Crippen LogP contribution in [-0.2, 0) is 9.59 Å². The van der Waals surface area contributed by atoms with E-state index in [1.54, 1.807) is 19.2 Å². The SMILES string of the molecule is COc1ccc([C@H](CCN2C(=O)CCC2=O)c2ccc(F)cc2)cc1. The van der Waals surface area contributed by atoms with Crippen LogP contribution < -0.4 is 4.74 Å². The average molecular weight is 341 g/mol. The number of carbonyl (C=O) groups is 2. The molecule has 0 radical (unpaired) electrons. The zero-order chi connectivity index (χ0) is 17.8. The molecule has 4 nitrogen and oxygen atoms in total. The lowest BCUT2D eigenvalue weighted by molar-refractivity contribution is -0.138. The first-order valence-corrected chi connectivity index (χ1v) is 8.31. The van der Waals surface area contributed by atoms with Crippen molar-refractivity contribution in [2.75, 3.05) is 13.7 Å². The third kappa shape index (κ3) is 3.87. The summed E-state index contributed by atoms with van der Waals surface area (Å²) < 4.78 is 18.5. The highest BCUT2D eigenvalue weighted by atomic mass is 19.1. The molecule has 1 fully saturated rings. The van der Waals surface area contributed by atoms with E-state index >= 15 is 0 Å². The maximum Gasteiger partial charge on any atom is 0.229 e. The van der Waals surface area contributed by atoms with Crippen LogP contribution in [-0.4, -0.2) is 30.4 Å². The van der Waals surface area contributed by atoms with Gasteiger partial charge in [-0.05, 0) is 41.8 Å². The molecule has 0 N–H and O–H groups in total. The van der Waals surface area contributed by atoms with Crippen molar-refractivity contribution in [1.29, 1.82) is 0 Å². The number of amides is 2. The van der Waals surface area contributed by atoms with E-state index in [0.717, 1.165) is 16.9 Å². The standard InChI is InChI=1S/C20H20FNO3/c1-25-17-8-4-15(5-9-17)18(14-2-6-16(21)7-3-14)12-13-22-19(23)10-11-20(22)24/h2-9,18H,10-13H2,1H3/t18-/m1/s1. The lowest BCUT2D eigenvalue weighted by Crippen LogP contribution is -2.31. The number of halogens is 1. The van der Waals surface area contributed by atoms with Crippen LogP contribution >= 0.6 is 0 Å². The lowest BCUT2D eigenvalue weighted by Gasteiger charge is -2.21. The second-order valence-electron chi connectivity index (χ2n) is 6.11. The van der Waals surface area contributed by atoms with E-state index in [2.05, 4.69) is 0 Å². The Bertz CT molecular complexity index is 740. The average Bonchev–Trinajstić information content (AvgIpc) is 2.95. The highest BCUT2D eigenvalue weighted by Gasteiger charge is 2.29. The van der Waals surface area contributed by atoms with Crippen LogP contribution in [0.4, 0.5) is 4.39 Å². The number of hydrogen-bond donors (Lipinski definition) is 0. The molecule has 0 aliphatic carbocycles. The van der Waals surface area contributed by atoms with Gasteiger partial charge in [0.05, 0.1) is 7.11 Å². The number of carbonyl (C=O) groups excluding carboxylic acids is 2. The molecule has 2 aromatic rings. The number of likely N-dealkylation sites (tertiary alicyclic amines) is 1. The summed E-state index contributed by atoms with van der Waals surface area (Å²) in [6.45, 7) is 0.367. The van der Waals surface area contributed by atoms with E-state index < -0.39 is 0 Å². The van der Waals surface area contributed by atoms with Crippen LogP contribution in [0.2, 0.25) is 0 Å². The van der Waals surface area contributed by atoms with E-state index in [9.17, 15) is 14.0 Å². The van der Waals surface area contributed by atoms with Crippen molar-refractivity contribution in [3.63, 3.8) is 0 Å². The predicted octanol–water partition coefficient (Wildman–Crippen LogP) is 3.51. The normalized spacial score (nSPS) is 15.5. The fourth-order valence-corrected chi connectivity index (χ4v) is 3.19. The summed E-state index contributed by atoms with van der Waals surface area (Å²) in [5.41, 5.74) is 1.98. The summed E-state index contributed by atoms with van der Waals surface area (Å²) in [6.07, 6.45) is 1.18. The number of imide groups is 1. The maximum atomic E-state index is 13.3. The fourth-order valence-electron chi connectivity index (χ4n) is 3.19. The van der Waals surface area contributed by atoms with Crippen molar-refractivity contribution >= 4 is 11.8 Å². The van der Waals surface area contributed by atoms with E-state index in [1.165, 1.54) is 17.0 Å². The molecule has 2 aromatic carbocycles. The first kappa shape index (κ1) is 17.1. The smallest absolute Gasteiger partial charge is 0.229 e.